The molecule has 0 aliphatic carbocycles. The molecule has 0 radical (unpaired) electrons. The van der Waals surface area contributed by atoms with Crippen LogP contribution in [0.15, 0.2) is 0 Å². The quantitative estimate of drug-likeness (QED) is 0.657. The lowest BCUT2D eigenvalue weighted by Gasteiger charge is -2.21. The minimum atomic E-state index is -0.264. The van der Waals surface area contributed by atoms with Gasteiger partial charge in [0.05, 0.1) is 12.2 Å². The zero-order chi connectivity index (χ0) is 13.6. The lowest BCUT2D eigenvalue weighted by molar-refractivity contribution is -0.130. The van der Waals surface area contributed by atoms with Crippen molar-refractivity contribution < 1.29 is 14.3 Å². The normalized spacial score (nSPS) is 11.9. The van der Waals surface area contributed by atoms with Gasteiger partial charge >= 0.3 is 0 Å². The van der Waals surface area contributed by atoms with Crippen molar-refractivity contribution in [3.8, 4) is 0 Å². The van der Waals surface area contributed by atoms with Gasteiger partial charge in [-0.2, -0.15) is 0 Å². The molecule has 17 heavy (non-hydrogen) atoms. The molecule has 0 fully saturated rings. The van der Waals surface area contributed by atoms with Gasteiger partial charge in [0.1, 0.15) is 11.6 Å². The summed E-state index contributed by atoms with van der Waals surface area (Å²) in [4.78, 5) is 23.4. The third-order valence-corrected chi connectivity index (χ3v) is 2.61. The summed E-state index contributed by atoms with van der Waals surface area (Å²) in [5.41, 5.74) is 0. The zero-order valence-electron chi connectivity index (χ0n) is 11.9. The predicted octanol–water partition coefficient (Wildman–Crippen LogP) is 3.01. The molecule has 0 N–H and O–H groups in total. The Morgan fingerprint density at radius 3 is 1.41 bits per heavy atom. The van der Waals surface area contributed by atoms with E-state index in [2.05, 4.69) is 0 Å². The smallest absolute Gasteiger partial charge is 0.138 e. The number of hydrogen-bond donors (Lipinski definition) is 0. The molecule has 0 aromatic heterocycles. The molecule has 0 rings (SSSR count). The maximum absolute atomic E-state index is 11.7. The van der Waals surface area contributed by atoms with E-state index < -0.39 is 0 Å². The highest BCUT2D eigenvalue weighted by atomic mass is 16.5. The molecular weight excluding hydrogens is 216 g/mol. The van der Waals surface area contributed by atoms with Crippen LogP contribution in [0, 0.1) is 11.8 Å². The molecule has 0 bridgehead atoms. The summed E-state index contributed by atoms with van der Waals surface area (Å²) in [6.45, 7) is 11.3. The summed E-state index contributed by atoms with van der Waals surface area (Å²) in [5.74, 6) is 0.323. The van der Waals surface area contributed by atoms with E-state index in [1.54, 1.807) is 0 Å². The largest absolute Gasteiger partial charge is 0.375 e. The second kappa shape index (κ2) is 7.59. The standard InChI is InChI=1S/C14H26O3/c1-9(2)13(15)7-12(17-11(5)6)8-14(16)10(3)4/h9-12H,7-8H2,1-6H3. The van der Waals surface area contributed by atoms with Gasteiger partial charge in [0, 0.05) is 24.7 Å². The van der Waals surface area contributed by atoms with Gasteiger partial charge in [0.2, 0.25) is 0 Å². The Kier molecular flexibility index (Phi) is 7.28. The minimum absolute atomic E-state index is 0.00224. The predicted molar refractivity (Wildman–Crippen MR) is 68.9 cm³/mol. The monoisotopic (exact) mass is 242 g/mol. The van der Waals surface area contributed by atoms with Crippen LogP contribution in [-0.4, -0.2) is 23.8 Å². The number of rotatable bonds is 8. The molecule has 0 atom stereocenters. The van der Waals surface area contributed by atoms with Crippen LogP contribution in [-0.2, 0) is 14.3 Å². The van der Waals surface area contributed by atoms with Gasteiger partial charge in [0.25, 0.3) is 0 Å². The molecule has 0 saturated heterocycles. The van der Waals surface area contributed by atoms with Gasteiger partial charge in [-0.1, -0.05) is 27.7 Å². The molecule has 0 aliphatic heterocycles. The van der Waals surface area contributed by atoms with E-state index >= 15 is 0 Å². The molecule has 0 saturated carbocycles. The van der Waals surface area contributed by atoms with Crippen LogP contribution in [0.5, 0.6) is 0 Å². The van der Waals surface area contributed by atoms with Crippen molar-refractivity contribution in [1.82, 2.24) is 0 Å². The van der Waals surface area contributed by atoms with E-state index in [9.17, 15) is 9.59 Å². The van der Waals surface area contributed by atoms with E-state index in [0.717, 1.165) is 0 Å². The van der Waals surface area contributed by atoms with Crippen molar-refractivity contribution in [2.75, 3.05) is 0 Å². The number of carbonyl (C=O) groups is 2. The van der Waals surface area contributed by atoms with E-state index in [0.29, 0.717) is 12.8 Å². The van der Waals surface area contributed by atoms with Gasteiger partial charge < -0.3 is 4.74 Å². The SMILES string of the molecule is CC(C)OC(CC(=O)C(C)C)CC(=O)C(C)C. The number of Topliss-reactive ketones (excluding diaryl/α,β-unsaturated/α-hetero) is 2. The van der Waals surface area contributed by atoms with Crippen LogP contribution in [0.3, 0.4) is 0 Å². The van der Waals surface area contributed by atoms with Gasteiger partial charge in [-0.25, -0.2) is 0 Å². The second-order valence-electron chi connectivity index (χ2n) is 5.46. The Labute approximate surface area is 105 Å². The molecule has 3 heteroatoms. The number of hydrogen-bond acceptors (Lipinski definition) is 3. The molecule has 0 heterocycles. The Bertz CT molecular complexity index is 232. The van der Waals surface area contributed by atoms with Crippen molar-refractivity contribution in [2.24, 2.45) is 11.8 Å². The first-order valence-corrected chi connectivity index (χ1v) is 6.44. The Morgan fingerprint density at radius 2 is 1.18 bits per heavy atom. The fourth-order valence-electron chi connectivity index (χ4n) is 1.47. The third kappa shape index (κ3) is 7.27. The molecule has 3 nitrogen and oxygen atoms in total. The van der Waals surface area contributed by atoms with Crippen LogP contribution in [0.25, 0.3) is 0 Å². The van der Waals surface area contributed by atoms with Gasteiger partial charge in [0.15, 0.2) is 0 Å². The summed E-state index contributed by atoms with van der Waals surface area (Å²) < 4.78 is 5.65. The number of ether oxygens (including phenoxy) is 1. The fraction of sp³-hybridized carbons (Fsp3) is 0.857. The zero-order valence-corrected chi connectivity index (χ0v) is 11.9. The summed E-state index contributed by atoms with van der Waals surface area (Å²) >= 11 is 0. The second-order valence-corrected chi connectivity index (χ2v) is 5.46. The average Bonchev–Trinajstić information content (AvgIpc) is 2.15. The van der Waals surface area contributed by atoms with Gasteiger partial charge in [-0.3, -0.25) is 9.59 Å². The summed E-state index contributed by atoms with van der Waals surface area (Å²) in [5, 5.41) is 0. The van der Waals surface area contributed by atoms with E-state index in [4.69, 9.17) is 4.74 Å². The maximum atomic E-state index is 11.7. The number of ketones is 2. The van der Waals surface area contributed by atoms with E-state index in [-0.39, 0.29) is 35.6 Å². The fourth-order valence-corrected chi connectivity index (χ4v) is 1.47. The minimum Gasteiger partial charge on any atom is -0.375 e. The van der Waals surface area contributed by atoms with Gasteiger partial charge in [-0.05, 0) is 13.8 Å². The lowest BCUT2D eigenvalue weighted by Crippen LogP contribution is -2.27. The average molecular weight is 242 g/mol. The highest BCUT2D eigenvalue weighted by Gasteiger charge is 2.22. The molecule has 0 spiro atoms. The molecular formula is C14H26O3. The summed E-state index contributed by atoms with van der Waals surface area (Å²) in [7, 11) is 0. The van der Waals surface area contributed by atoms with Crippen LogP contribution in [0.1, 0.15) is 54.4 Å². The Hall–Kier alpha value is -0.700. The topological polar surface area (TPSA) is 43.4 Å². The molecule has 0 unspecified atom stereocenters. The Morgan fingerprint density at radius 1 is 0.824 bits per heavy atom. The van der Waals surface area contributed by atoms with Crippen LogP contribution < -0.4 is 0 Å². The summed E-state index contributed by atoms with van der Waals surface area (Å²) in [6.07, 6.45) is 0.461. The first-order chi connectivity index (χ1) is 7.73. The third-order valence-electron chi connectivity index (χ3n) is 2.61. The van der Waals surface area contributed by atoms with Crippen molar-refractivity contribution in [1.29, 1.82) is 0 Å². The van der Waals surface area contributed by atoms with Crippen LogP contribution in [0.4, 0.5) is 0 Å². The van der Waals surface area contributed by atoms with Crippen LogP contribution >= 0.6 is 0 Å². The highest BCUT2D eigenvalue weighted by Crippen LogP contribution is 2.14. The molecule has 0 aromatic carbocycles. The van der Waals surface area contributed by atoms with E-state index in [1.807, 2.05) is 41.5 Å². The van der Waals surface area contributed by atoms with Crippen molar-refractivity contribution in [3.05, 3.63) is 0 Å². The molecule has 0 aliphatic rings. The van der Waals surface area contributed by atoms with Crippen molar-refractivity contribution >= 4 is 11.6 Å². The van der Waals surface area contributed by atoms with Crippen molar-refractivity contribution in [2.45, 2.75) is 66.6 Å². The van der Waals surface area contributed by atoms with E-state index in [1.165, 1.54) is 0 Å². The molecule has 100 valence electrons. The molecule has 0 aromatic rings. The number of carbonyl (C=O) groups excluding carboxylic acids is 2. The van der Waals surface area contributed by atoms with Crippen LogP contribution in [0.2, 0.25) is 0 Å². The first kappa shape index (κ1) is 16.3. The van der Waals surface area contributed by atoms with Crippen molar-refractivity contribution in [3.63, 3.8) is 0 Å². The highest BCUT2D eigenvalue weighted by molar-refractivity contribution is 5.84. The van der Waals surface area contributed by atoms with Gasteiger partial charge in [-0.15, -0.1) is 0 Å². The summed E-state index contributed by atoms with van der Waals surface area (Å²) in [6, 6.07) is 0. The Balaban J connectivity index is 4.43. The first-order valence-electron chi connectivity index (χ1n) is 6.44. The molecule has 0 amide bonds. The maximum Gasteiger partial charge on any atom is 0.138 e. The lowest BCUT2D eigenvalue weighted by atomic mass is 9.96.